The van der Waals surface area contributed by atoms with Gasteiger partial charge in [-0.15, -0.1) is 0 Å². The number of anilines is 1. The van der Waals surface area contributed by atoms with Crippen LogP contribution in [0, 0.1) is 17.2 Å². The minimum atomic E-state index is -0.706. The van der Waals surface area contributed by atoms with Crippen molar-refractivity contribution >= 4 is 23.4 Å². The first-order valence-corrected chi connectivity index (χ1v) is 11.4. The van der Waals surface area contributed by atoms with Crippen LogP contribution in [-0.2, 0) is 9.59 Å². The van der Waals surface area contributed by atoms with Crippen LogP contribution in [-0.4, -0.2) is 53.7 Å². The summed E-state index contributed by atoms with van der Waals surface area (Å²) in [4.78, 5) is 41.3. The van der Waals surface area contributed by atoms with Gasteiger partial charge in [0, 0.05) is 24.8 Å². The number of nitrogens with zero attached hydrogens (tertiary/aromatic N) is 3. The maximum atomic E-state index is 13.0. The molecule has 1 heterocycles. The van der Waals surface area contributed by atoms with Crippen LogP contribution in [0.5, 0.6) is 0 Å². The van der Waals surface area contributed by atoms with Crippen LogP contribution in [0.15, 0.2) is 84.9 Å². The number of likely N-dealkylation sites (N-methyl/N-ethyl adjacent to an activating group) is 1. The lowest BCUT2D eigenvalue weighted by Gasteiger charge is -2.24. The summed E-state index contributed by atoms with van der Waals surface area (Å²) in [6.07, 6.45) is 0.263. The third-order valence-electron chi connectivity index (χ3n) is 6.14. The molecule has 0 spiro atoms. The predicted octanol–water partition coefficient (Wildman–Crippen LogP) is 3.80. The average Bonchev–Trinajstić information content (AvgIpc) is 3.34. The topological polar surface area (TPSA) is 93.5 Å². The zero-order valence-electron chi connectivity index (χ0n) is 19.4. The van der Waals surface area contributed by atoms with E-state index in [0.717, 1.165) is 11.1 Å². The molecule has 1 aliphatic rings. The fourth-order valence-electron chi connectivity index (χ4n) is 4.21. The van der Waals surface area contributed by atoms with Crippen molar-refractivity contribution in [3.05, 3.63) is 90.5 Å². The molecule has 7 nitrogen and oxygen atoms in total. The van der Waals surface area contributed by atoms with Crippen molar-refractivity contribution in [2.24, 2.45) is 5.92 Å². The number of amides is 3. The molecule has 2 atom stereocenters. The van der Waals surface area contributed by atoms with Crippen LogP contribution < -0.4 is 5.32 Å². The maximum absolute atomic E-state index is 13.0. The van der Waals surface area contributed by atoms with E-state index in [1.165, 1.54) is 9.80 Å². The summed E-state index contributed by atoms with van der Waals surface area (Å²) in [6, 6.07) is 27.6. The van der Waals surface area contributed by atoms with Crippen molar-refractivity contribution in [3.63, 3.8) is 0 Å². The van der Waals surface area contributed by atoms with Gasteiger partial charge in [0.05, 0.1) is 18.5 Å². The Morgan fingerprint density at radius 1 is 0.943 bits per heavy atom. The largest absolute Gasteiger partial charge is 0.332 e. The van der Waals surface area contributed by atoms with Gasteiger partial charge in [0.25, 0.3) is 5.91 Å². The number of carbonyl (C=O) groups is 3. The second-order valence-electron chi connectivity index (χ2n) is 8.58. The van der Waals surface area contributed by atoms with Crippen LogP contribution >= 0.6 is 0 Å². The summed E-state index contributed by atoms with van der Waals surface area (Å²) in [5, 5.41) is 12.4. The summed E-state index contributed by atoms with van der Waals surface area (Å²) in [5.41, 5.74) is 3.19. The van der Waals surface area contributed by atoms with Gasteiger partial charge in [0.15, 0.2) is 0 Å². The van der Waals surface area contributed by atoms with Crippen molar-refractivity contribution < 1.29 is 14.4 Å². The SMILES string of the molecule is CN(CC(=O)N1CC(C(=O)Nc2ccccc2)CC1C#N)C(=O)c1ccc(-c2ccccc2)cc1. The molecular weight excluding hydrogens is 440 g/mol. The van der Waals surface area contributed by atoms with Gasteiger partial charge in [-0.3, -0.25) is 14.4 Å². The van der Waals surface area contributed by atoms with Crippen LogP contribution in [0.25, 0.3) is 11.1 Å². The second kappa shape index (κ2) is 10.7. The fourth-order valence-corrected chi connectivity index (χ4v) is 4.21. The number of hydrogen-bond donors (Lipinski definition) is 1. The Morgan fingerprint density at radius 2 is 1.54 bits per heavy atom. The molecule has 35 heavy (non-hydrogen) atoms. The molecule has 176 valence electrons. The van der Waals surface area contributed by atoms with Gasteiger partial charge in [-0.25, -0.2) is 0 Å². The lowest BCUT2D eigenvalue weighted by molar-refractivity contribution is -0.131. The number of carbonyl (C=O) groups excluding carboxylic acids is 3. The normalized spacial score (nSPS) is 16.9. The molecule has 4 rings (SSSR count). The van der Waals surface area contributed by atoms with Gasteiger partial charge < -0.3 is 15.1 Å². The Hall–Kier alpha value is -4.44. The number of nitrogens with one attached hydrogen (secondary N) is 1. The highest BCUT2D eigenvalue weighted by Crippen LogP contribution is 2.25. The Bertz CT molecular complexity index is 1240. The van der Waals surface area contributed by atoms with E-state index in [2.05, 4.69) is 11.4 Å². The number of hydrogen-bond acceptors (Lipinski definition) is 4. The minimum Gasteiger partial charge on any atom is -0.332 e. The molecule has 2 unspecified atom stereocenters. The Labute approximate surface area is 204 Å². The van der Waals surface area contributed by atoms with Crippen LogP contribution in [0.2, 0.25) is 0 Å². The quantitative estimate of drug-likeness (QED) is 0.598. The van der Waals surface area contributed by atoms with Crippen LogP contribution in [0.3, 0.4) is 0 Å². The third kappa shape index (κ3) is 5.56. The van der Waals surface area contributed by atoms with Crippen LogP contribution in [0.4, 0.5) is 5.69 Å². The Morgan fingerprint density at radius 3 is 2.17 bits per heavy atom. The number of nitriles is 1. The number of benzene rings is 3. The maximum Gasteiger partial charge on any atom is 0.254 e. The Kier molecular flexibility index (Phi) is 7.22. The highest BCUT2D eigenvalue weighted by Gasteiger charge is 2.39. The van der Waals surface area contributed by atoms with Gasteiger partial charge in [0.1, 0.15) is 6.04 Å². The van der Waals surface area contributed by atoms with E-state index in [1.54, 1.807) is 31.3 Å². The molecule has 7 heteroatoms. The molecule has 3 aromatic rings. The summed E-state index contributed by atoms with van der Waals surface area (Å²) in [5.74, 6) is -1.36. The lowest BCUT2D eigenvalue weighted by Crippen LogP contribution is -2.43. The van der Waals surface area contributed by atoms with E-state index in [4.69, 9.17) is 0 Å². The summed E-state index contributed by atoms with van der Waals surface area (Å²) >= 11 is 0. The third-order valence-corrected chi connectivity index (χ3v) is 6.14. The van der Waals surface area contributed by atoms with E-state index in [-0.39, 0.29) is 37.2 Å². The first-order chi connectivity index (χ1) is 17.0. The van der Waals surface area contributed by atoms with Gasteiger partial charge in [-0.05, 0) is 41.8 Å². The summed E-state index contributed by atoms with van der Waals surface area (Å²) < 4.78 is 0. The fraction of sp³-hybridized carbons (Fsp3) is 0.214. The predicted molar refractivity (Wildman–Crippen MR) is 133 cm³/mol. The van der Waals surface area contributed by atoms with Gasteiger partial charge in [-0.2, -0.15) is 5.26 Å². The highest BCUT2D eigenvalue weighted by molar-refractivity contribution is 5.97. The zero-order chi connectivity index (χ0) is 24.8. The van der Waals surface area contributed by atoms with Crippen molar-refractivity contribution in [3.8, 4) is 17.2 Å². The summed E-state index contributed by atoms with van der Waals surface area (Å²) in [6.45, 7) is -0.0337. The molecule has 1 N–H and O–H groups in total. The lowest BCUT2D eigenvalue weighted by atomic mass is 10.0. The molecule has 0 radical (unpaired) electrons. The van der Waals surface area contributed by atoms with Crippen molar-refractivity contribution in [2.45, 2.75) is 12.5 Å². The molecule has 1 fully saturated rings. The molecule has 1 saturated heterocycles. The molecule has 0 saturated carbocycles. The smallest absolute Gasteiger partial charge is 0.254 e. The van der Waals surface area contributed by atoms with Crippen molar-refractivity contribution in [2.75, 3.05) is 25.5 Å². The van der Waals surface area contributed by atoms with Gasteiger partial charge in [-0.1, -0.05) is 60.7 Å². The molecule has 0 aromatic heterocycles. The summed E-state index contributed by atoms with van der Waals surface area (Å²) in [7, 11) is 1.56. The molecule has 1 aliphatic heterocycles. The van der Waals surface area contributed by atoms with E-state index in [9.17, 15) is 19.6 Å². The second-order valence-corrected chi connectivity index (χ2v) is 8.58. The molecule has 3 aromatic carbocycles. The standard InChI is InChI=1S/C28H26N4O3/c1-31(28(35)22-14-12-21(13-15-22)20-8-4-2-5-9-20)19-26(33)32-18-23(16-25(32)17-29)27(34)30-24-10-6-3-7-11-24/h2-15,23,25H,16,18-19H2,1H3,(H,30,34). The van der Waals surface area contributed by atoms with Gasteiger partial charge >= 0.3 is 0 Å². The number of para-hydroxylation sites is 1. The average molecular weight is 467 g/mol. The molecule has 3 amide bonds. The van der Waals surface area contributed by atoms with E-state index < -0.39 is 12.0 Å². The van der Waals surface area contributed by atoms with E-state index >= 15 is 0 Å². The number of likely N-dealkylation sites (tertiary alicyclic amines) is 1. The monoisotopic (exact) mass is 466 g/mol. The van der Waals surface area contributed by atoms with Crippen molar-refractivity contribution in [1.82, 2.24) is 9.80 Å². The molecular formula is C28H26N4O3. The molecule has 0 aliphatic carbocycles. The zero-order valence-corrected chi connectivity index (χ0v) is 19.4. The highest BCUT2D eigenvalue weighted by atomic mass is 16.2. The Balaban J connectivity index is 1.36. The minimum absolute atomic E-state index is 0.142. The van der Waals surface area contributed by atoms with Crippen molar-refractivity contribution in [1.29, 1.82) is 5.26 Å². The van der Waals surface area contributed by atoms with E-state index in [1.807, 2.05) is 60.7 Å². The van der Waals surface area contributed by atoms with Crippen LogP contribution in [0.1, 0.15) is 16.8 Å². The molecule has 0 bridgehead atoms. The first-order valence-electron chi connectivity index (χ1n) is 11.4. The number of rotatable bonds is 6. The van der Waals surface area contributed by atoms with E-state index in [0.29, 0.717) is 11.3 Å². The first kappa shape index (κ1) is 23.7. The van der Waals surface area contributed by atoms with Gasteiger partial charge in [0.2, 0.25) is 11.8 Å².